The van der Waals surface area contributed by atoms with Crippen molar-refractivity contribution in [1.29, 1.82) is 0 Å². The minimum Gasteiger partial charge on any atom is -0.368 e. The highest BCUT2D eigenvalue weighted by molar-refractivity contribution is 7.05. The summed E-state index contributed by atoms with van der Waals surface area (Å²) < 4.78 is 9.72. The third-order valence-electron chi connectivity index (χ3n) is 3.87. The summed E-state index contributed by atoms with van der Waals surface area (Å²) in [6.07, 6.45) is -0.225. The molecule has 0 bridgehead atoms. The molecule has 0 radical (unpaired) electrons. The van der Waals surface area contributed by atoms with Crippen LogP contribution >= 0.6 is 11.5 Å². The first kappa shape index (κ1) is 16.7. The number of aryl methyl sites for hydroxylation is 2. The average Bonchev–Trinajstić information content (AvgIpc) is 2.97. The van der Waals surface area contributed by atoms with Crippen LogP contribution in [-0.2, 0) is 16.1 Å². The molecule has 1 atom stereocenters. The van der Waals surface area contributed by atoms with Crippen LogP contribution in [0.2, 0.25) is 0 Å². The van der Waals surface area contributed by atoms with Gasteiger partial charge in [-0.1, -0.05) is 4.49 Å². The lowest BCUT2D eigenvalue weighted by molar-refractivity contribution is -0.136. The minimum atomic E-state index is -0.225. The van der Waals surface area contributed by atoms with E-state index in [0.717, 1.165) is 22.1 Å². The first-order chi connectivity index (χ1) is 11.5. The molecule has 0 unspecified atom stereocenters. The Hall–Kier alpha value is -2.13. The second kappa shape index (κ2) is 7.18. The third-order valence-corrected chi connectivity index (χ3v) is 4.70. The van der Waals surface area contributed by atoms with E-state index in [2.05, 4.69) is 24.9 Å². The van der Waals surface area contributed by atoms with E-state index in [9.17, 15) is 4.79 Å². The van der Waals surface area contributed by atoms with Crippen LogP contribution in [0, 0.1) is 13.8 Å². The fourth-order valence-electron chi connectivity index (χ4n) is 2.54. The van der Waals surface area contributed by atoms with E-state index < -0.39 is 0 Å². The molecule has 2 aromatic rings. The molecule has 1 aliphatic heterocycles. The van der Waals surface area contributed by atoms with Gasteiger partial charge in [-0.25, -0.2) is 9.97 Å². The molecule has 0 aliphatic carbocycles. The fourth-order valence-corrected chi connectivity index (χ4v) is 3.12. The number of ether oxygens (including phenoxy) is 1. The number of rotatable bonds is 4. The van der Waals surface area contributed by atoms with Crippen LogP contribution in [0.4, 0.5) is 5.82 Å². The minimum absolute atomic E-state index is 0.0561. The van der Waals surface area contributed by atoms with Gasteiger partial charge in [0.05, 0.1) is 36.0 Å². The van der Waals surface area contributed by atoms with Crippen molar-refractivity contribution < 1.29 is 9.53 Å². The smallest absolute Gasteiger partial charge is 0.219 e. The summed E-state index contributed by atoms with van der Waals surface area (Å²) in [5, 5.41) is 7.29. The molecule has 2 aromatic heterocycles. The van der Waals surface area contributed by atoms with E-state index in [1.807, 2.05) is 19.9 Å². The molecule has 1 fully saturated rings. The molecule has 3 heterocycles. The summed E-state index contributed by atoms with van der Waals surface area (Å²) in [4.78, 5) is 23.3. The lowest BCUT2D eigenvalue weighted by atomic mass is 10.2. The van der Waals surface area contributed by atoms with Gasteiger partial charge >= 0.3 is 0 Å². The Balaban J connectivity index is 1.73. The zero-order valence-electron chi connectivity index (χ0n) is 13.9. The number of aromatic nitrogens is 4. The van der Waals surface area contributed by atoms with Crippen LogP contribution in [0.25, 0.3) is 0 Å². The van der Waals surface area contributed by atoms with E-state index in [1.165, 1.54) is 11.5 Å². The Kier molecular flexibility index (Phi) is 5.00. The number of hydrogen-bond acceptors (Lipinski definition) is 8. The topological polar surface area (TPSA) is 93.1 Å². The lowest BCUT2D eigenvalue weighted by Gasteiger charge is -2.32. The van der Waals surface area contributed by atoms with Gasteiger partial charge in [0, 0.05) is 19.5 Å². The lowest BCUT2D eigenvalue weighted by Crippen LogP contribution is -2.41. The SMILES string of the molecule is CC(=O)N1CCO[C@H](c2cc(NCc3snnc3C)nc(C)n2)C1. The highest BCUT2D eigenvalue weighted by atomic mass is 32.1. The quantitative estimate of drug-likeness (QED) is 0.894. The Morgan fingerprint density at radius 1 is 1.46 bits per heavy atom. The Morgan fingerprint density at radius 3 is 3.00 bits per heavy atom. The van der Waals surface area contributed by atoms with E-state index in [-0.39, 0.29) is 12.0 Å². The number of anilines is 1. The van der Waals surface area contributed by atoms with E-state index in [0.29, 0.717) is 32.1 Å². The summed E-state index contributed by atoms with van der Waals surface area (Å²) in [7, 11) is 0. The Bertz CT molecular complexity index is 735. The van der Waals surface area contributed by atoms with Crippen molar-refractivity contribution in [2.45, 2.75) is 33.4 Å². The number of amides is 1. The first-order valence-corrected chi connectivity index (χ1v) is 8.54. The van der Waals surface area contributed by atoms with Gasteiger partial charge in [0.1, 0.15) is 17.7 Å². The zero-order chi connectivity index (χ0) is 17.1. The van der Waals surface area contributed by atoms with Crippen LogP contribution in [-0.4, -0.2) is 50.1 Å². The second-order valence-electron chi connectivity index (χ2n) is 5.68. The molecule has 24 heavy (non-hydrogen) atoms. The molecular weight excluding hydrogens is 328 g/mol. The molecule has 8 nitrogen and oxygen atoms in total. The maximum atomic E-state index is 11.6. The number of carbonyl (C=O) groups excluding carboxylic acids is 1. The van der Waals surface area contributed by atoms with Crippen molar-refractivity contribution in [3.05, 3.63) is 28.2 Å². The maximum absolute atomic E-state index is 11.6. The van der Waals surface area contributed by atoms with Crippen LogP contribution in [0.15, 0.2) is 6.07 Å². The van der Waals surface area contributed by atoms with Crippen LogP contribution in [0.5, 0.6) is 0 Å². The number of morpholine rings is 1. The molecule has 1 N–H and O–H groups in total. The number of nitrogens with zero attached hydrogens (tertiary/aromatic N) is 5. The van der Waals surface area contributed by atoms with Gasteiger partial charge in [0.15, 0.2) is 0 Å². The predicted molar refractivity (Wildman–Crippen MR) is 89.7 cm³/mol. The van der Waals surface area contributed by atoms with Gasteiger partial charge in [0.25, 0.3) is 0 Å². The van der Waals surface area contributed by atoms with E-state index in [1.54, 1.807) is 11.8 Å². The Labute approximate surface area is 144 Å². The molecule has 1 saturated heterocycles. The molecule has 3 rings (SSSR count). The van der Waals surface area contributed by atoms with Crippen molar-refractivity contribution in [2.75, 3.05) is 25.0 Å². The Morgan fingerprint density at radius 2 is 2.29 bits per heavy atom. The standard InChI is InChI=1S/C15H20N6O2S/c1-9-14(24-20-19-9)7-16-15-6-12(17-10(2)18-15)13-8-21(11(3)22)4-5-23-13/h6,13H,4-5,7-8H2,1-3H3,(H,16,17,18)/t13-/m0/s1. The van der Waals surface area contributed by atoms with Crippen molar-refractivity contribution in [2.24, 2.45) is 0 Å². The van der Waals surface area contributed by atoms with Crippen LogP contribution in [0.1, 0.15) is 35.1 Å². The largest absolute Gasteiger partial charge is 0.368 e. The van der Waals surface area contributed by atoms with E-state index >= 15 is 0 Å². The summed E-state index contributed by atoms with van der Waals surface area (Å²) in [6.45, 7) is 7.63. The molecule has 1 amide bonds. The molecular formula is C15H20N6O2S. The average molecular weight is 348 g/mol. The molecule has 0 aromatic carbocycles. The van der Waals surface area contributed by atoms with Crippen molar-refractivity contribution >= 4 is 23.3 Å². The van der Waals surface area contributed by atoms with Gasteiger partial charge in [-0.3, -0.25) is 4.79 Å². The fraction of sp³-hybridized carbons (Fsp3) is 0.533. The summed E-state index contributed by atoms with van der Waals surface area (Å²) in [5.41, 5.74) is 1.71. The van der Waals surface area contributed by atoms with Gasteiger partial charge in [-0.2, -0.15) is 0 Å². The summed E-state index contributed by atoms with van der Waals surface area (Å²) in [5.74, 6) is 1.45. The monoisotopic (exact) mass is 348 g/mol. The molecule has 1 aliphatic rings. The van der Waals surface area contributed by atoms with Crippen molar-refractivity contribution in [3.8, 4) is 0 Å². The third kappa shape index (κ3) is 3.85. The number of carbonyl (C=O) groups is 1. The highest BCUT2D eigenvalue weighted by Gasteiger charge is 2.25. The second-order valence-corrected chi connectivity index (χ2v) is 6.52. The first-order valence-electron chi connectivity index (χ1n) is 7.77. The molecule has 9 heteroatoms. The predicted octanol–water partition coefficient (Wildman–Crippen LogP) is 1.48. The molecule has 0 spiro atoms. The molecule has 0 saturated carbocycles. The highest BCUT2D eigenvalue weighted by Crippen LogP contribution is 2.23. The molecule has 128 valence electrons. The van der Waals surface area contributed by atoms with Gasteiger partial charge in [-0.05, 0) is 25.4 Å². The van der Waals surface area contributed by atoms with Gasteiger partial charge in [0.2, 0.25) is 5.91 Å². The van der Waals surface area contributed by atoms with Crippen molar-refractivity contribution in [3.63, 3.8) is 0 Å². The van der Waals surface area contributed by atoms with Gasteiger partial charge in [-0.15, -0.1) is 5.10 Å². The van der Waals surface area contributed by atoms with E-state index in [4.69, 9.17) is 4.74 Å². The summed E-state index contributed by atoms with van der Waals surface area (Å²) >= 11 is 1.37. The van der Waals surface area contributed by atoms with Crippen molar-refractivity contribution in [1.82, 2.24) is 24.5 Å². The van der Waals surface area contributed by atoms with Crippen LogP contribution in [0.3, 0.4) is 0 Å². The summed E-state index contributed by atoms with van der Waals surface area (Å²) in [6, 6.07) is 1.88. The normalized spacial score (nSPS) is 17.8. The maximum Gasteiger partial charge on any atom is 0.219 e. The van der Waals surface area contributed by atoms with Gasteiger partial charge < -0.3 is 15.0 Å². The number of nitrogens with one attached hydrogen (secondary N) is 1. The van der Waals surface area contributed by atoms with Crippen LogP contribution < -0.4 is 5.32 Å². The zero-order valence-corrected chi connectivity index (χ0v) is 14.8. The number of hydrogen-bond donors (Lipinski definition) is 1.